The van der Waals surface area contributed by atoms with Crippen LogP contribution in [0.1, 0.15) is 89.0 Å². The summed E-state index contributed by atoms with van der Waals surface area (Å²) in [7, 11) is 0. The van der Waals surface area contributed by atoms with Gasteiger partial charge in [0.25, 0.3) is 0 Å². The number of benzene rings is 2. The third-order valence-electron chi connectivity index (χ3n) is 6.29. The van der Waals surface area contributed by atoms with Crippen LogP contribution in [-0.2, 0) is 4.84 Å². The first-order valence-electron chi connectivity index (χ1n) is 10.8. The van der Waals surface area contributed by atoms with Crippen LogP contribution < -0.4 is 0 Å². The first kappa shape index (κ1) is 21.1. The summed E-state index contributed by atoms with van der Waals surface area (Å²) in [5, 5.41) is 2.31. The molecular weight excluding hydrogens is 342 g/mol. The Morgan fingerprint density at radius 1 is 0.857 bits per heavy atom. The molecule has 0 bridgehead atoms. The minimum Gasteiger partial charge on any atom is -0.290 e. The lowest BCUT2D eigenvalue weighted by Gasteiger charge is -2.52. The molecule has 0 saturated carbocycles. The van der Waals surface area contributed by atoms with Gasteiger partial charge in [-0.25, -0.2) is 0 Å². The van der Waals surface area contributed by atoms with E-state index in [1.165, 1.54) is 36.0 Å². The average molecular weight is 380 g/mol. The molecule has 0 amide bonds. The highest BCUT2D eigenvalue weighted by Crippen LogP contribution is 2.42. The number of nitrogens with zero attached hydrogens (tertiary/aromatic N) is 1. The molecule has 2 aromatic rings. The van der Waals surface area contributed by atoms with E-state index >= 15 is 0 Å². The molecule has 2 unspecified atom stereocenters. The maximum Gasteiger partial charge on any atom is 0.105 e. The van der Waals surface area contributed by atoms with Gasteiger partial charge in [-0.1, -0.05) is 67.1 Å². The van der Waals surface area contributed by atoms with Gasteiger partial charge in [-0.2, -0.15) is 5.06 Å². The molecule has 1 heterocycles. The molecule has 0 N–H and O–H groups in total. The Morgan fingerprint density at radius 2 is 1.43 bits per heavy atom. The second kappa shape index (κ2) is 8.39. The number of rotatable bonds is 6. The van der Waals surface area contributed by atoms with E-state index in [2.05, 4.69) is 101 Å². The van der Waals surface area contributed by atoms with Gasteiger partial charge in [0.05, 0.1) is 0 Å². The Kier molecular flexibility index (Phi) is 6.31. The van der Waals surface area contributed by atoms with Gasteiger partial charge in [0.1, 0.15) is 6.10 Å². The SMILES string of the molecule is Cc1ccc(C(C)CC(ON2C(C)(C)CCCC2(C)C)c2ccccc2)cc1. The molecule has 2 atom stereocenters. The van der Waals surface area contributed by atoms with E-state index in [-0.39, 0.29) is 17.2 Å². The predicted molar refractivity (Wildman–Crippen MR) is 118 cm³/mol. The Balaban J connectivity index is 1.86. The topological polar surface area (TPSA) is 12.5 Å². The van der Waals surface area contributed by atoms with Crippen LogP contribution in [0.25, 0.3) is 0 Å². The number of hydrogen-bond acceptors (Lipinski definition) is 2. The average Bonchev–Trinajstić information content (AvgIpc) is 2.64. The molecule has 2 heteroatoms. The van der Waals surface area contributed by atoms with E-state index in [0.717, 1.165) is 6.42 Å². The highest BCUT2D eigenvalue weighted by atomic mass is 16.7. The van der Waals surface area contributed by atoms with Gasteiger partial charge in [-0.05, 0) is 77.3 Å². The van der Waals surface area contributed by atoms with Crippen LogP contribution in [0.4, 0.5) is 0 Å². The summed E-state index contributed by atoms with van der Waals surface area (Å²) < 4.78 is 0. The fourth-order valence-electron chi connectivity index (χ4n) is 4.65. The zero-order valence-electron chi connectivity index (χ0n) is 18.5. The number of piperidine rings is 1. The zero-order valence-corrected chi connectivity index (χ0v) is 18.5. The lowest BCUT2D eigenvalue weighted by Crippen LogP contribution is -2.58. The van der Waals surface area contributed by atoms with Crippen molar-refractivity contribution in [1.29, 1.82) is 0 Å². The van der Waals surface area contributed by atoms with Crippen molar-refractivity contribution in [3.63, 3.8) is 0 Å². The van der Waals surface area contributed by atoms with Crippen molar-refractivity contribution in [2.24, 2.45) is 0 Å². The first-order chi connectivity index (χ1) is 13.2. The van der Waals surface area contributed by atoms with E-state index in [1.54, 1.807) is 0 Å². The highest BCUT2D eigenvalue weighted by Gasteiger charge is 2.43. The smallest absolute Gasteiger partial charge is 0.105 e. The van der Waals surface area contributed by atoms with E-state index in [0.29, 0.717) is 5.92 Å². The maximum atomic E-state index is 6.86. The fraction of sp³-hybridized carbons (Fsp3) is 0.538. The molecular formula is C26H37NO. The van der Waals surface area contributed by atoms with Crippen molar-refractivity contribution < 1.29 is 4.84 Å². The largest absolute Gasteiger partial charge is 0.290 e. The van der Waals surface area contributed by atoms with Crippen molar-refractivity contribution in [3.8, 4) is 0 Å². The molecule has 2 nitrogen and oxygen atoms in total. The lowest BCUT2D eigenvalue weighted by molar-refractivity contribution is -0.308. The molecule has 0 aromatic heterocycles. The quantitative estimate of drug-likeness (QED) is 0.526. The number of hydroxylamine groups is 2. The second-order valence-corrected chi connectivity index (χ2v) is 9.82. The van der Waals surface area contributed by atoms with Crippen molar-refractivity contribution >= 4 is 0 Å². The summed E-state index contributed by atoms with van der Waals surface area (Å²) >= 11 is 0. The molecule has 1 fully saturated rings. The summed E-state index contributed by atoms with van der Waals surface area (Å²) in [5.41, 5.74) is 4.04. The van der Waals surface area contributed by atoms with E-state index in [1.807, 2.05) is 0 Å². The minimum atomic E-state index is 0.0435. The van der Waals surface area contributed by atoms with Gasteiger partial charge in [-0.3, -0.25) is 4.84 Å². The molecule has 28 heavy (non-hydrogen) atoms. The lowest BCUT2D eigenvalue weighted by atomic mass is 9.82. The molecule has 2 aromatic carbocycles. The normalized spacial score (nSPS) is 21.2. The van der Waals surface area contributed by atoms with Crippen LogP contribution in [0.3, 0.4) is 0 Å². The number of hydrogen-bond donors (Lipinski definition) is 0. The Morgan fingerprint density at radius 3 is 2.00 bits per heavy atom. The third kappa shape index (κ3) is 4.85. The standard InChI is InChI=1S/C26H37NO/c1-20-13-15-22(16-14-20)21(2)19-24(23-11-8-7-9-12-23)28-27-25(3,4)17-10-18-26(27,5)6/h7-9,11-16,21,24H,10,17-19H2,1-6H3. The molecule has 0 spiro atoms. The fourth-order valence-corrected chi connectivity index (χ4v) is 4.65. The van der Waals surface area contributed by atoms with Gasteiger partial charge in [0, 0.05) is 11.1 Å². The summed E-state index contributed by atoms with van der Waals surface area (Å²) in [6.45, 7) is 13.7. The summed E-state index contributed by atoms with van der Waals surface area (Å²) in [6.07, 6.45) is 4.62. The van der Waals surface area contributed by atoms with Crippen molar-refractivity contribution in [2.45, 2.75) is 90.3 Å². The Hall–Kier alpha value is -1.64. The Bertz CT molecular complexity index is 732. The van der Waals surface area contributed by atoms with Crippen molar-refractivity contribution in [1.82, 2.24) is 5.06 Å². The highest BCUT2D eigenvalue weighted by molar-refractivity contribution is 5.25. The molecule has 3 rings (SSSR count). The van der Waals surface area contributed by atoms with Gasteiger partial charge < -0.3 is 0 Å². The molecule has 0 radical (unpaired) electrons. The second-order valence-electron chi connectivity index (χ2n) is 9.82. The van der Waals surface area contributed by atoms with Crippen LogP contribution in [-0.4, -0.2) is 16.1 Å². The van der Waals surface area contributed by atoms with Crippen LogP contribution in [0.2, 0.25) is 0 Å². The minimum absolute atomic E-state index is 0.0435. The van der Waals surface area contributed by atoms with Crippen molar-refractivity contribution in [2.75, 3.05) is 0 Å². The van der Waals surface area contributed by atoms with E-state index < -0.39 is 0 Å². The van der Waals surface area contributed by atoms with Crippen LogP contribution in [0.15, 0.2) is 54.6 Å². The summed E-state index contributed by atoms with van der Waals surface area (Å²) in [6, 6.07) is 19.7. The zero-order chi connectivity index (χ0) is 20.4. The van der Waals surface area contributed by atoms with Crippen molar-refractivity contribution in [3.05, 3.63) is 71.3 Å². The Labute approximate surface area is 171 Å². The molecule has 1 aliphatic rings. The summed E-state index contributed by atoms with van der Waals surface area (Å²) in [4.78, 5) is 6.86. The van der Waals surface area contributed by atoms with Gasteiger partial charge in [-0.15, -0.1) is 0 Å². The van der Waals surface area contributed by atoms with Crippen LogP contribution in [0.5, 0.6) is 0 Å². The third-order valence-corrected chi connectivity index (χ3v) is 6.29. The van der Waals surface area contributed by atoms with Gasteiger partial charge in [0.15, 0.2) is 0 Å². The van der Waals surface area contributed by atoms with Gasteiger partial charge >= 0.3 is 0 Å². The molecule has 0 aliphatic carbocycles. The van der Waals surface area contributed by atoms with Crippen LogP contribution >= 0.6 is 0 Å². The first-order valence-corrected chi connectivity index (χ1v) is 10.8. The molecule has 1 aliphatic heterocycles. The maximum absolute atomic E-state index is 6.86. The monoisotopic (exact) mass is 379 g/mol. The number of aryl methyl sites for hydroxylation is 1. The predicted octanol–water partition coefficient (Wildman–Crippen LogP) is 7.20. The van der Waals surface area contributed by atoms with Gasteiger partial charge in [0.2, 0.25) is 0 Å². The molecule has 1 saturated heterocycles. The molecule has 152 valence electrons. The van der Waals surface area contributed by atoms with E-state index in [4.69, 9.17) is 4.84 Å². The van der Waals surface area contributed by atoms with E-state index in [9.17, 15) is 0 Å². The van der Waals surface area contributed by atoms with Crippen LogP contribution in [0, 0.1) is 6.92 Å². The summed E-state index contributed by atoms with van der Waals surface area (Å²) in [5.74, 6) is 0.432.